The minimum Gasteiger partial charge on any atom is -0.462 e. The lowest BCUT2D eigenvalue weighted by Crippen LogP contribution is -2.53. The second kappa shape index (κ2) is 9.39. The van der Waals surface area contributed by atoms with E-state index in [1.165, 1.54) is 13.2 Å². The number of esters is 3. The Kier molecular flexibility index (Phi) is 7.19. The van der Waals surface area contributed by atoms with Crippen LogP contribution in [-0.4, -0.2) is 59.8 Å². The van der Waals surface area contributed by atoms with Gasteiger partial charge in [0, 0.05) is 31.8 Å². The van der Waals surface area contributed by atoms with Crippen LogP contribution in [0.2, 0.25) is 0 Å². The summed E-state index contributed by atoms with van der Waals surface area (Å²) in [5.41, 5.74) is -2.29. The summed E-state index contributed by atoms with van der Waals surface area (Å²) >= 11 is 0. The summed E-state index contributed by atoms with van der Waals surface area (Å²) in [6.45, 7) is 9.06. The molecule has 0 amide bonds. The van der Waals surface area contributed by atoms with Crippen molar-refractivity contribution >= 4 is 17.9 Å². The third kappa shape index (κ3) is 4.93. The van der Waals surface area contributed by atoms with Crippen molar-refractivity contribution in [3.63, 3.8) is 0 Å². The van der Waals surface area contributed by atoms with Gasteiger partial charge in [-0.25, -0.2) is 0 Å². The smallest absolute Gasteiger partial charge is 0.309 e. The molecular formula is C23H34O9. The van der Waals surface area contributed by atoms with Crippen LogP contribution < -0.4 is 0 Å². The molecule has 0 bridgehead atoms. The average molecular weight is 455 g/mol. The lowest BCUT2D eigenvalue weighted by molar-refractivity contribution is -0.208. The Morgan fingerprint density at radius 1 is 1.19 bits per heavy atom. The van der Waals surface area contributed by atoms with Crippen LogP contribution in [0.3, 0.4) is 0 Å². The first-order valence-electron chi connectivity index (χ1n) is 11.3. The third-order valence-corrected chi connectivity index (χ3v) is 6.46. The molecule has 9 heteroatoms. The van der Waals surface area contributed by atoms with Crippen molar-refractivity contribution in [3.05, 3.63) is 11.8 Å². The molecule has 1 N–H and O–H groups in total. The number of epoxide rings is 1. The van der Waals surface area contributed by atoms with Crippen LogP contribution in [0.15, 0.2) is 11.8 Å². The molecule has 9 nitrogen and oxygen atoms in total. The Morgan fingerprint density at radius 3 is 2.44 bits per heavy atom. The molecule has 0 aromatic rings. The number of fused-ring (bicyclic) bond motifs is 2. The molecule has 3 rings (SSSR count). The standard InChI is InChI=1S/C23H34O9/c1-6-14(4)8-18(25)28-10-16-11-29-21(32-19(26)7-13(2)3)20-22(16,27)9-17(31-15(5)24)23(20)12-30-23/h11,13-14,17,20-21,27H,6-10,12H2,1-5H3/t14-,17+,20+,21+,22+,23-/m1/s1. The summed E-state index contributed by atoms with van der Waals surface area (Å²) < 4.78 is 27.8. The Bertz CT molecular complexity index is 769. The summed E-state index contributed by atoms with van der Waals surface area (Å²) in [6.07, 6.45) is 0.748. The summed E-state index contributed by atoms with van der Waals surface area (Å²) in [5.74, 6) is -1.91. The van der Waals surface area contributed by atoms with Crippen molar-refractivity contribution in [2.24, 2.45) is 17.8 Å². The van der Waals surface area contributed by atoms with E-state index in [0.29, 0.717) is 5.57 Å². The van der Waals surface area contributed by atoms with Crippen molar-refractivity contribution in [3.8, 4) is 0 Å². The molecule has 1 saturated carbocycles. The number of hydrogen-bond acceptors (Lipinski definition) is 9. The topological polar surface area (TPSA) is 121 Å². The average Bonchev–Trinajstić information content (AvgIpc) is 3.42. The van der Waals surface area contributed by atoms with Crippen molar-refractivity contribution in [2.45, 2.75) is 83.9 Å². The number of carbonyl (C=O) groups excluding carboxylic acids is 3. The minimum atomic E-state index is -1.59. The fraction of sp³-hybridized carbons (Fsp3) is 0.783. The predicted molar refractivity (Wildman–Crippen MR) is 111 cm³/mol. The van der Waals surface area contributed by atoms with Gasteiger partial charge in [-0.1, -0.05) is 34.1 Å². The summed E-state index contributed by atoms with van der Waals surface area (Å²) in [6, 6.07) is 0. The van der Waals surface area contributed by atoms with Gasteiger partial charge in [0.05, 0.1) is 12.9 Å². The van der Waals surface area contributed by atoms with Gasteiger partial charge in [-0.2, -0.15) is 0 Å². The maximum absolute atomic E-state index is 12.3. The Hall–Kier alpha value is -2.13. The van der Waals surface area contributed by atoms with Gasteiger partial charge < -0.3 is 28.8 Å². The Balaban J connectivity index is 1.82. The maximum atomic E-state index is 12.3. The van der Waals surface area contributed by atoms with Gasteiger partial charge in [0.2, 0.25) is 0 Å². The first-order chi connectivity index (χ1) is 15.0. The van der Waals surface area contributed by atoms with Crippen LogP contribution in [0.5, 0.6) is 0 Å². The van der Waals surface area contributed by atoms with Crippen molar-refractivity contribution < 1.29 is 43.2 Å². The van der Waals surface area contributed by atoms with Crippen LogP contribution in [0.1, 0.15) is 60.3 Å². The highest BCUT2D eigenvalue weighted by Gasteiger charge is 2.76. The summed E-state index contributed by atoms with van der Waals surface area (Å²) in [5, 5.41) is 11.7. The molecule has 2 fully saturated rings. The largest absolute Gasteiger partial charge is 0.462 e. The van der Waals surface area contributed by atoms with Crippen molar-refractivity contribution in [1.82, 2.24) is 0 Å². The predicted octanol–water partition coefficient (Wildman–Crippen LogP) is 2.25. The SMILES string of the molecule is CC[C@@H](C)CC(=O)OCC1=CO[C@@H](OC(=O)CC(C)C)[C@@H]2[C@@]3(CO3)[C@@H](OC(C)=O)C[C@]12O. The van der Waals surface area contributed by atoms with E-state index in [1.807, 2.05) is 27.7 Å². The minimum absolute atomic E-state index is 0.0214. The molecular weight excluding hydrogens is 420 g/mol. The number of carbonyl (C=O) groups is 3. The number of ether oxygens (including phenoxy) is 5. The molecule has 180 valence electrons. The molecule has 1 aliphatic carbocycles. The van der Waals surface area contributed by atoms with Gasteiger partial charge in [-0.3, -0.25) is 14.4 Å². The van der Waals surface area contributed by atoms with E-state index in [0.717, 1.165) is 6.42 Å². The van der Waals surface area contributed by atoms with Gasteiger partial charge in [-0.05, 0) is 11.8 Å². The molecule has 0 unspecified atom stereocenters. The quantitative estimate of drug-likeness (QED) is 0.318. The van der Waals surface area contributed by atoms with Crippen LogP contribution >= 0.6 is 0 Å². The van der Waals surface area contributed by atoms with E-state index >= 15 is 0 Å². The third-order valence-electron chi connectivity index (χ3n) is 6.46. The fourth-order valence-corrected chi connectivity index (χ4v) is 4.51. The first kappa shape index (κ1) is 24.5. The molecule has 6 atom stereocenters. The Labute approximate surface area is 188 Å². The zero-order valence-corrected chi connectivity index (χ0v) is 19.4. The second-order valence-electron chi connectivity index (χ2n) is 9.56. The molecule has 2 heterocycles. The van der Waals surface area contributed by atoms with Crippen LogP contribution in [-0.2, 0) is 38.1 Å². The van der Waals surface area contributed by atoms with E-state index in [1.54, 1.807) is 0 Å². The van der Waals surface area contributed by atoms with Gasteiger partial charge in [-0.15, -0.1) is 0 Å². The van der Waals surface area contributed by atoms with Gasteiger partial charge in [0.1, 0.15) is 29.8 Å². The molecule has 0 aromatic heterocycles. The number of aliphatic hydroxyl groups is 1. The fourth-order valence-electron chi connectivity index (χ4n) is 4.51. The molecule has 3 aliphatic rings. The summed E-state index contributed by atoms with van der Waals surface area (Å²) in [4.78, 5) is 36.2. The molecule has 32 heavy (non-hydrogen) atoms. The maximum Gasteiger partial charge on any atom is 0.309 e. The van der Waals surface area contributed by atoms with E-state index in [-0.39, 0.29) is 50.3 Å². The van der Waals surface area contributed by atoms with Crippen molar-refractivity contribution in [2.75, 3.05) is 13.2 Å². The molecule has 0 radical (unpaired) electrons. The molecule has 2 aliphatic heterocycles. The highest BCUT2D eigenvalue weighted by Crippen LogP contribution is 2.59. The second-order valence-corrected chi connectivity index (χ2v) is 9.56. The summed E-state index contributed by atoms with van der Waals surface area (Å²) in [7, 11) is 0. The van der Waals surface area contributed by atoms with E-state index < -0.39 is 41.5 Å². The number of hydrogen-bond donors (Lipinski definition) is 1. The zero-order chi connectivity index (χ0) is 23.7. The van der Waals surface area contributed by atoms with E-state index in [2.05, 4.69) is 0 Å². The highest BCUT2D eigenvalue weighted by atomic mass is 16.7. The molecule has 1 saturated heterocycles. The van der Waals surface area contributed by atoms with Gasteiger partial charge in [0.25, 0.3) is 6.29 Å². The van der Waals surface area contributed by atoms with Gasteiger partial charge >= 0.3 is 17.9 Å². The lowest BCUT2D eigenvalue weighted by Gasteiger charge is -2.40. The van der Waals surface area contributed by atoms with Crippen LogP contribution in [0.25, 0.3) is 0 Å². The van der Waals surface area contributed by atoms with Gasteiger partial charge in [0.15, 0.2) is 0 Å². The zero-order valence-electron chi connectivity index (χ0n) is 19.4. The molecule has 0 aromatic carbocycles. The normalized spacial score (nSPS) is 33.7. The van der Waals surface area contributed by atoms with Crippen molar-refractivity contribution in [1.29, 1.82) is 0 Å². The highest BCUT2D eigenvalue weighted by molar-refractivity contribution is 5.70. The van der Waals surface area contributed by atoms with Crippen LogP contribution in [0, 0.1) is 17.8 Å². The Morgan fingerprint density at radius 2 is 1.88 bits per heavy atom. The monoisotopic (exact) mass is 454 g/mol. The van der Waals surface area contributed by atoms with E-state index in [4.69, 9.17) is 23.7 Å². The van der Waals surface area contributed by atoms with Crippen LogP contribution in [0.4, 0.5) is 0 Å². The molecule has 1 spiro atoms. The lowest BCUT2D eigenvalue weighted by atomic mass is 9.79. The first-order valence-corrected chi connectivity index (χ1v) is 11.3. The number of rotatable bonds is 9. The van der Waals surface area contributed by atoms with E-state index in [9.17, 15) is 19.5 Å².